The molecule has 1 aliphatic rings. The van der Waals surface area contributed by atoms with Crippen molar-refractivity contribution in [3.05, 3.63) is 20.8 Å². The van der Waals surface area contributed by atoms with E-state index in [0.717, 1.165) is 12.6 Å². The third kappa shape index (κ3) is 3.56. The molecule has 18 heavy (non-hydrogen) atoms. The maximum absolute atomic E-state index is 6.27. The summed E-state index contributed by atoms with van der Waals surface area (Å²) < 4.78 is 1.20. The number of hydrogen-bond donors (Lipinski definition) is 1. The SMILES string of the molecule is CC(C)CN(C1CC1)C(c1ccc(Br)s1)C(C)N. The fourth-order valence-electron chi connectivity index (χ4n) is 2.53. The fourth-order valence-corrected chi connectivity index (χ4v) is 4.19. The summed E-state index contributed by atoms with van der Waals surface area (Å²) in [5.41, 5.74) is 6.27. The molecule has 0 radical (unpaired) electrons. The summed E-state index contributed by atoms with van der Waals surface area (Å²) in [5, 5.41) is 0. The molecule has 4 heteroatoms. The zero-order valence-corrected chi connectivity index (χ0v) is 13.8. The van der Waals surface area contributed by atoms with Gasteiger partial charge in [-0.15, -0.1) is 11.3 Å². The first-order valence-corrected chi connectivity index (χ1v) is 8.36. The van der Waals surface area contributed by atoms with E-state index in [1.807, 2.05) is 11.3 Å². The standard InChI is InChI=1S/C14H23BrN2S/c1-9(2)8-17(11-4-5-11)14(10(3)16)12-6-7-13(15)18-12/h6-7,9-11,14H,4-5,8,16H2,1-3H3. The molecule has 0 aliphatic heterocycles. The smallest absolute Gasteiger partial charge is 0.0702 e. The normalized spacial score (nSPS) is 19.5. The van der Waals surface area contributed by atoms with Crippen molar-refractivity contribution >= 4 is 27.3 Å². The minimum atomic E-state index is 0.176. The molecule has 2 unspecified atom stereocenters. The lowest BCUT2D eigenvalue weighted by molar-refractivity contribution is 0.150. The van der Waals surface area contributed by atoms with Crippen molar-refractivity contribution in [1.29, 1.82) is 0 Å². The van der Waals surface area contributed by atoms with Crippen molar-refractivity contribution in [1.82, 2.24) is 4.90 Å². The van der Waals surface area contributed by atoms with Gasteiger partial charge >= 0.3 is 0 Å². The van der Waals surface area contributed by atoms with E-state index in [2.05, 4.69) is 53.7 Å². The van der Waals surface area contributed by atoms with Crippen molar-refractivity contribution in [3.8, 4) is 0 Å². The van der Waals surface area contributed by atoms with Crippen LogP contribution >= 0.6 is 27.3 Å². The third-order valence-corrected chi connectivity index (χ3v) is 5.03. The Hall–Kier alpha value is 0.1000. The molecule has 1 fully saturated rings. The van der Waals surface area contributed by atoms with Crippen LogP contribution in [0.2, 0.25) is 0 Å². The van der Waals surface area contributed by atoms with Gasteiger partial charge in [0, 0.05) is 23.5 Å². The number of thiophene rings is 1. The maximum Gasteiger partial charge on any atom is 0.0702 e. The molecular weight excluding hydrogens is 308 g/mol. The van der Waals surface area contributed by atoms with E-state index in [0.29, 0.717) is 12.0 Å². The van der Waals surface area contributed by atoms with E-state index in [4.69, 9.17) is 5.73 Å². The van der Waals surface area contributed by atoms with Crippen molar-refractivity contribution in [2.24, 2.45) is 11.7 Å². The van der Waals surface area contributed by atoms with Gasteiger partial charge in [0.05, 0.1) is 9.83 Å². The molecule has 1 aromatic heterocycles. The number of halogens is 1. The van der Waals surface area contributed by atoms with E-state index in [1.54, 1.807) is 0 Å². The van der Waals surface area contributed by atoms with Crippen LogP contribution in [0, 0.1) is 5.92 Å². The van der Waals surface area contributed by atoms with Gasteiger partial charge in [-0.3, -0.25) is 4.90 Å². The van der Waals surface area contributed by atoms with Crippen molar-refractivity contribution in [3.63, 3.8) is 0 Å². The highest BCUT2D eigenvalue weighted by molar-refractivity contribution is 9.11. The predicted molar refractivity (Wildman–Crippen MR) is 83.0 cm³/mol. The summed E-state index contributed by atoms with van der Waals surface area (Å²) in [6.45, 7) is 7.86. The van der Waals surface area contributed by atoms with E-state index < -0.39 is 0 Å². The molecular formula is C14H23BrN2S. The number of nitrogens with two attached hydrogens (primary N) is 1. The average Bonchev–Trinajstić information content (AvgIpc) is 3.01. The van der Waals surface area contributed by atoms with Gasteiger partial charge in [-0.25, -0.2) is 0 Å². The summed E-state index contributed by atoms with van der Waals surface area (Å²) >= 11 is 5.38. The van der Waals surface area contributed by atoms with Crippen molar-refractivity contribution in [2.45, 2.75) is 51.7 Å². The molecule has 0 spiro atoms. The monoisotopic (exact) mass is 330 g/mol. The Labute approximate surface area is 123 Å². The lowest BCUT2D eigenvalue weighted by Crippen LogP contribution is -2.42. The van der Waals surface area contributed by atoms with E-state index >= 15 is 0 Å². The van der Waals surface area contributed by atoms with E-state index in [-0.39, 0.29) is 6.04 Å². The molecule has 1 heterocycles. The highest BCUT2D eigenvalue weighted by Gasteiger charge is 2.36. The molecule has 102 valence electrons. The second-order valence-electron chi connectivity index (χ2n) is 5.77. The maximum atomic E-state index is 6.27. The Balaban J connectivity index is 2.21. The van der Waals surface area contributed by atoms with Crippen LogP contribution in [0.5, 0.6) is 0 Å². The van der Waals surface area contributed by atoms with Crippen LogP contribution < -0.4 is 5.73 Å². The largest absolute Gasteiger partial charge is 0.326 e. The molecule has 2 rings (SSSR count). The second kappa shape index (κ2) is 6.04. The highest BCUT2D eigenvalue weighted by Crippen LogP contribution is 2.39. The van der Waals surface area contributed by atoms with Crippen LogP contribution in [0.25, 0.3) is 0 Å². The van der Waals surface area contributed by atoms with Gasteiger partial charge in [-0.05, 0) is 53.7 Å². The van der Waals surface area contributed by atoms with E-state index in [9.17, 15) is 0 Å². The Morgan fingerprint density at radius 2 is 2.06 bits per heavy atom. The summed E-state index contributed by atoms with van der Waals surface area (Å²) in [6.07, 6.45) is 2.67. The van der Waals surface area contributed by atoms with Crippen molar-refractivity contribution < 1.29 is 0 Å². The Bertz CT molecular complexity index is 385. The molecule has 1 saturated carbocycles. The van der Waals surface area contributed by atoms with Gasteiger partial charge in [0.15, 0.2) is 0 Å². The molecule has 0 amide bonds. The molecule has 1 aromatic rings. The minimum absolute atomic E-state index is 0.176. The summed E-state index contributed by atoms with van der Waals surface area (Å²) in [4.78, 5) is 4.03. The first-order chi connectivity index (χ1) is 8.49. The average molecular weight is 331 g/mol. The minimum Gasteiger partial charge on any atom is -0.326 e. The third-order valence-electron chi connectivity index (χ3n) is 3.33. The molecule has 0 bridgehead atoms. The molecule has 0 aromatic carbocycles. The van der Waals surface area contributed by atoms with Crippen LogP contribution in [0.3, 0.4) is 0 Å². The lowest BCUT2D eigenvalue weighted by Gasteiger charge is -2.35. The Morgan fingerprint density at radius 1 is 1.39 bits per heavy atom. The van der Waals surface area contributed by atoms with Crippen molar-refractivity contribution in [2.75, 3.05) is 6.54 Å². The van der Waals surface area contributed by atoms with E-state index in [1.165, 1.54) is 21.5 Å². The second-order valence-corrected chi connectivity index (χ2v) is 8.26. The molecule has 1 aliphatic carbocycles. The van der Waals surface area contributed by atoms with Crippen LogP contribution in [0.4, 0.5) is 0 Å². The summed E-state index contributed by atoms with van der Waals surface area (Å²) in [5.74, 6) is 0.690. The topological polar surface area (TPSA) is 29.3 Å². The van der Waals surface area contributed by atoms with Gasteiger partial charge in [-0.2, -0.15) is 0 Å². The quantitative estimate of drug-likeness (QED) is 0.853. The van der Waals surface area contributed by atoms with Crippen LogP contribution in [0.15, 0.2) is 15.9 Å². The molecule has 0 saturated heterocycles. The van der Waals surface area contributed by atoms with Gasteiger partial charge in [0.2, 0.25) is 0 Å². The zero-order chi connectivity index (χ0) is 13.3. The van der Waals surface area contributed by atoms with Crippen LogP contribution in [-0.4, -0.2) is 23.5 Å². The first kappa shape index (κ1) is 14.5. The predicted octanol–water partition coefficient (Wildman–Crippen LogP) is 4.02. The Morgan fingerprint density at radius 3 is 2.44 bits per heavy atom. The summed E-state index contributed by atoms with van der Waals surface area (Å²) in [7, 11) is 0. The number of nitrogens with zero attached hydrogens (tertiary/aromatic N) is 1. The number of hydrogen-bond acceptors (Lipinski definition) is 3. The lowest BCUT2D eigenvalue weighted by atomic mass is 10.0. The van der Waals surface area contributed by atoms with Gasteiger partial charge < -0.3 is 5.73 Å². The first-order valence-electron chi connectivity index (χ1n) is 6.75. The molecule has 2 atom stereocenters. The van der Waals surface area contributed by atoms with Gasteiger partial charge in [0.1, 0.15) is 0 Å². The highest BCUT2D eigenvalue weighted by atomic mass is 79.9. The molecule has 2 nitrogen and oxygen atoms in total. The fraction of sp³-hybridized carbons (Fsp3) is 0.714. The van der Waals surface area contributed by atoms with Gasteiger partial charge in [-0.1, -0.05) is 13.8 Å². The van der Waals surface area contributed by atoms with Crippen LogP contribution in [-0.2, 0) is 0 Å². The van der Waals surface area contributed by atoms with Crippen LogP contribution in [0.1, 0.15) is 44.5 Å². The Kier molecular flexibility index (Phi) is 4.86. The number of rotatable bonds is 6. The van der Waals surface area contributed by atoms with Gasteiger partial charge in [0.25, 0.3) is 0 Å². The summed E-state index contributed by atoms with van der Waals surface area (Å²) in [6, 6.07) is 5.66. The zero-order valence-electron chi connectivity index (χ0n) is 11.4. The molecule has 2 N–H and O–H groups in total.